The molecule has 0 saturated carbocycles. The summed E-state index contributed by atoms with van der Waals surface area (Å²) in [7, 11) is 0. The Labute approximate surface area is 128 Å². The van der Waals surface area contributed by atoms with Crippen molar-refractivity contribution >= 4 is 15.9 Å². The van der Waals surface area contributed by atoms with Gasteiger partial charge in [0.25, 0.3) is 0 Å². The summed E-state index contributed by atoms with van der Waals surface area (Å²) in [5.41, 5.74) is 2.90. The van der Waals surface area contributed by atoms with Gasteiger partial charge in [-0.15, -0.1) is 0 Å². The van der Waals surface area contributed by atoms with Crippen LogP contribution in [0.5, 0.6) is 5.75 Å². The van der Waals surface area contributed by atoms with Gasteiger partial charge in [-0.05, 0) is 48.2 Å². The standard InChI is InChI=1S/C17H19BrO2/c1-3-10-20-15-8-6-13(7-9-15)17(19)14-5-4-12(2)16(18)11-14/h4-9,11,17,19H,3,10H2,1-2H3. The lowest BCUT2D eigenvalue weighted by molar-refractivity contribution is 0.220. The van der Waals surface area contributed by atoms with Crippen molar-refractivity contribution in [2.45, 2.75) is 26.4 Å². The number of hydrogen-bond donors (Lipinski definition) is 1. The van der Waals surface area contributed by atoms with Gasteiger partial charge in [-0.3, -0.25) is 0 Å². The molecule has 0 aliphatic rings. The van der Waals surface area contributed by atoms with Crippen molar-refractivity contribution in [3.8, 4) is 5.75 Å². The average Bonchev–Trinajstić information content (AvgIpc) is 2.48. The lowest BCUT2D eigenvalue weighted by atomic mass is 10.0. The fourth-order valence-electron chi connectivity index (χ4n) is 1.94. The van der Waals surface area contributed by atoms with Gasteiger partial charge in [-0.2, -0.15) is 0 Å². The van der Waals surface area contributed by atoms with E-state index in [2.05, 4.69) is 22.9 Å². The third-order valence-corrected chi connectivity index (χ3v) is 4.03. The molecule has 2 aromatic carbocycles. The van der Waals surface area contributed by atoms with Crippen LogP contribution in [0, 0.1) is 6.92 Å². The molecule has 0 aliphatic heterocycles. The monoisotopic (exact) mass is 334 g/mol. The first-order valence-electron chi connectivity index (χ1n) is 6.78. The lowest BCUT2D eigenvalue weighted by Crippen LogP contribution is -2.00. The Morgan fingerprint density at radius 3 is 2.35 bits per heavy atom. The molecule has 1 unspecified atom stereocenters. The number of aliphatic hydroxyl groups is 1. The number of aryl methyl sites for hydroxylation is 1. The fraction of sp³-hybridized carbons (Fsp3) is 0.294. The van der Waals surface area contributed by atoms with Crippen molar-refractivity contribution in [2.75, 3.05) is 6.61 Å². The molecular formula is C17H19BrO2. The normalized spacial score (nSPS) is 12.2. The molecule has 2 nitrogen and oxygen atoms in total. The van der Waals surface area contributed by atoms with Crippen LogP contribution in [0.1, 0.15) is 36.1 Å². The summed E-state index contributed by atoms with van der Waals surface area (Å²) in [5, 5.41) is 10.4. The zero-order valence-corrected chi connectivity index (χ0v) is 13.4. The maximum atomic E-state index is 10.4. The highest BCUT2D eigenvalue weighted by molar-refractivity contribution is 9.10. The Morgan fingerprint density at radius 1 is 1.10 bits per heavy atom. The molecule has 0 heterocycles. The van der Waals surface area contributed by atoms with Crippen LogP contribution in [-0.2, 0) is 0 Å². The number of benzene rings is 2. The first kappa shape index (κ1) is 15.1. The molecule has 0 fully saturated rings. The van der Waals surface area contributed by atoms with Crippen LogP contribution in [0.3, 0.4) is 0 Å². The van der Waals surface area contributed by atoms with E-state index in [9.17, 15) is 5.11 Å². The molecule has 2 rings (SSSR count). The molecule has 1 atom stereocenters. The number of ether oxygens (including phenoxy) is 1. The van der Waals surface area contributed by atoms with E-state index in [0.717, 1.165) is 33.3 Å². The molecule has 20 heavy (non-hydrogen) atoms. The first-order chi connectivity index (χ1) is 9.61. The Bertz CT molecular complexity index is 564. The summed E-state index contributed by atoms with van der Waals surface area (Å²) in [6.45, 7) is 4.82. The van der Waals surface area contributed by atoms with E-state index in [0.29, 0.717) is 6.61 Å². The smallest absolute Gasteiger partial charge is 0.119 e. The summed E-state index contributed by atoms with van der Waals surface area (Å²) >= 11 is 3.50. The molecule has 0 saturated heterocycles. The van der Waals surface area contributed by atoms with Crippen LogP contribution in [-0.4, -0.2) is 11.7 Å². The third-order valence-electron chi connectivity index (χ3n) is 3.18. The second-order valence-corrected chi connectivity index (χ2v) is 5.68. The van der Waals surface area contributed by atoms with Crippen molar-refractivity contribution in [1.29, 1.82) is 0 Å². The third kappa shape index (κ3) is 3.62. The topological polar surface area (TPSA) is 29.5 Å². The van der Waals surface area contributed by atoms with Gasteiger partial charge in [-0.25, -0.2) is 0 Å². The largest absolute Gasteiger partial charge is 0.494 e. The highest BCUT2D eigenvalue weighted by Crippen LogP contribution is 2.27. The molecule has 1 N–H and O–H groups in total. The minimum absolute atomic E-state index is 0.618. The molecule has 0 aliphatic carbocycles. The van der Waals surface area contributed by atoms with Crippen LogP contribution >= 0.6 is 15.9 Å². The quantitative estimate of drug-likeness (QED) is 0.863. The van der Waals surface area contributed by atoms with Crippen molar-refractivity contribution in [2.24, 2.45) is 0 Å². The lowest BCUT2D eigenvalue weighted by Gasteiger charge is -2.13. The van der Waals surface area contributed by atoms with E-state index >= 15 is 0 Å². The van der Waals surface area contributed by atoms with E-state index < -0.39 is 6.10 Å². The second-order valence-electron chi connectivity index (χ2n) is 4.83. The summed E-state index contributed by atoms with van der Waals surface area (Å²) in [6.07, 6.45) is 0.369. The van der Waals surface area contributed by atoms with E-state index in [1.165, 1.54) is 0 Å². The number of hydrogen-bond acceptors (Lipinski definition) is 2. The molecule has 0 aromatic heterocycles. The molecule has 0 bridgehead atoms. The average molecular weight is 335 g/mol. The predicted molar refractivity (Wildman–Crippen MR) is 85.2 cm³/mol. The van der Waals surface area contributed by atoms with Crippen LogP contribution in [0.2, 0.25) is 0 Å². The van der Waals surface area contributed by atoms with E-state index in [-0.39, 0.29) is 0 Å². The Morgan fingerprint density at radius 2 is 1.75 bits per heavy atom. The Hall–Kier alpha value is -1.32. The van der Waals surface area contributed by atoms with Gasteiger partial charge < -0.3 is 9.84 Å². The van der Waals surface area contributed by atoms with Gasteiger partial charge in [0.05, 0.1) is 6.61 Å². The molecule has 106 valence electrons. The fourth-order valence-corrected chi connectivity index (χ4v) is 2.33. The van der Waals surface area contributed by atoms with Crippen LogP contribution < -0.4 is 4.74 Å². The van der Waals surface area contributed by atoms with E-state index in [1.54, 1.807) is 0 Å². The van der Waals surface area contributed by atoms with Crippen LogP contribution in [0.4, 0.5) is 0 Å². The van der Waals surface area contributed by atoms with Gasteiger partial charge in [0, 0.05) is 4.47 Å². The van der Waals surface area contributed by atoms with Crippen LogP contribution in [0.15, 0.2) is 46.9 Å². The van der Waals surface area contributed by atoms with Crippen LogP contribution in [0.25, 0.3) is 0 Å². The van der Waals surface area contributed by atoms with Crippen molar-refractivity contribution in [1.82, 2.24) is 0 Å². The zero-order valence-electron chi connectivity index (χ0n) is 11.8. The first-order valence-corrected chi connectivity index (χ1v) is 7.58. The summed E-state index contributed by atoms with van der Waals surface area (Å²) in [4.78, 5) is 0. The molecule has 3 heteroatoms. The summed E-state index contributed by atoms with van der Waals surface area (Å²) < 4.78 is 6.55. The van der Waals surface area contributed by atoms with Gasteiger partial charge in [0.15, 0.2) is 0 Å². The molecule has 2 aromatic rings. The zero-order chi connectivity index (χ0) is 14.5. The number of rotatable bonds is 5. The van der Waals surface area contributed by atoms with Crippen molar-refractivity contribution in [3.63, 3.8) is 0 Å². The SMILES string of the molecule is CCCOc1ccc(C(O)c2ccc(C)c(Br)c2)cc1. The molecule has 0 radical (unpaired) electrons. The van der Waals surface area contributed by atoms with Gasteiger partial charge in [0.1, 0.15) is 11.9 Å². The maximum Gasteiger partial charge on any atom is 0.119 e. The summed E-state index contributed by atoms with van der Waals surface area (Å²) in [6, 6.07) is 13.5. The van der Waals surface area contributed by atoms with Crippen molar-refractivity contribution in [3.05, 3.63) is 63.6 Å². The molecular weight excluding hydrogens is 316 g/mol. The predicted octanol–water partition coefficient (Wildman–Crippen LogP) is 4.63. The maximum absolute atomic E-state index is 10.4. The van der Waals surface area contributed by atoms with E-state index in [4.69, 9.17) is 4.74 Å². The van der Waals surface area contributed by atoms with Gasteiger partial charge in [-0.1, -0.05) is 47.1 Å². The molecule has 0 amide bonds. The second kappa shape index (κ2) is 6.91. The Kier molecular flexibility index (Phi) is 5.21. The highest BCUT2D eigenvalue weighted by atomic mass is 79.9. The number of aliphatic hydroxyl groups excluding tert-OH is 1. The number of halogens is 1. The van der Waals surface area contributed by atoms with Gasteiger partial charge in [0.2, 0.25) is 0 Å². The van der Waals surface area contributed by atoms with E-state index in [1.807, 2.05) is 49.4 Å². The van der Waals surface area contributed by atoms with Gasteiger partial charge >= 0.3 is 0 Å². The summed E-state index contributed by atoms with van der Waals surface area (Å²) in [5.74, 6) is 0.841. The minimum atomic E-state index is -0.618. The van der Waals surface area contributed by atoms with Crippen molar-refractivity contribution < 1.29 is 9.84 Å². The Balaban J connectivity index is 2.15. The molecule has 0 spiro atoms. The minimum Gasteiger partial charge on any atom is -0.494 e. The highest BCUT2D eigenvalue weighted by Gasteiger charge is 2.11.